The summed E-state index contributed by atoms with van der Waals surface area (Å²) in [7, 11) is 1.57. The number of methoxy groups -OCH3 is 1. The van der Waals surface area contributed by atoms with Gasteiger partial charge in [0, 0.05) is 5.56 Å². The summed E-state index contributed by atoms with van der Waals surface area (Å²) in [5, 5.41) is 1.80. The van der Waals surface area contributed by atoms with Gasteiger partial charge in [-0.05, 0) is 61.4 Å². The topological polar surface area (TPSA) is 105 Å². The monoisotopic (exact) mass is 586 g/mol. The van der Waals surface area contributed by atoms with Gasteiger partial charge in [0.15, 0.2) is 11.4 Å². The fourth-order valence-corrected chi connectivity index (χ4v) is 6.00. The van der Waals surface area contributed by atoms with Gasteiger partial charge < -0.3 is 18.9 Å². The lowest BCUT2D eigenvalue weighted by Gasteiger charge is -2.27. The number of nitrogens with zero attached hydrogens (tertiary/aromatic N) is 2. The molecule has 0 N–H and O–H groups in total. The first-order valence-corrected chi connectivity index (χ1v) is 14.3. The molecule has 42 heavy (non-hydrogen) atoms. The number of allylic oxidation sites excluding steroid dienone is 1. The molecule has 5 rings (SSSR count). The number of carbonyl (C=O) groups excluding carboxylic acids is 2. The van der Waals surface area contributed by atoms with Crippen LogP contribution >= 0.6 is 11.3 Å². The van der Waals surface area contributed by atoms with Gasteiger partial charge in [0.25, 0.3) is 5.56 Å². The largest absolute Gasteiger partial charge is 0.496 e. The van der Waals surface area contributed by atoms with E-state index in [1.165, 1.54) is 11.3 Å². The number of thiazole rings is 1. The van der Waals surface area contributed by atoms with Crippen molar-refractivity contribution in [3.05, 3.63) is 103 Å². The number of carbonyl (C=O) groups is 2. The number of aromatic nitrogens is 1. The fraction of sp³-hybridized carbons (Fsp3) is 0.250. The maximum atomic E-state index is 14.1. The molecule has 10 heteroatoms. The highest BCUT2D eigenvalue weighted by Crippen LogP contribution is 2.40. The summed E-state index contributed by atoms with van der Waals surface area (Å²) in [5.74, 6) is 0.0616. The van der Waals surface area contributed by atoms with Crippen molar-refractivity contribution in [3.8, 4) is 11.5 Å². The van der Waals surface area contributed by atoms with Gasteiger partial charge in [-0.15, -0.1) is 0 Å². The predicted molar refractivity (Wildman–Crippen MR) is 159 cm³/mol. The molecule has 4 aromatic rings. The van der Waals surface area contributed by atoms with Crippen LogP contribution in [0.4, 0.5) is 0 Å². The van der Waals surface area contributed by atoms with Crippen molar-refractivity contribution in [1.82, 2.24) is 4.57 Å². The number of benzene rings is 3. The zero-order valence-electron chi connectivity index (χ0n) is 23.7. The predicted octanol–water partition coefficient (Wildman–Crippen LogP) is 3.90. The van der Waals surface area contributed by atoms with Crippen molar-refractivity contribution < 1.29 is 28.5 Å². The molecule has 0 saturated heterocycles. The molecular weight excluding hydrogens is 556 g/mol. The number of rotatable bonds is 9. The molecule has 0 aliphatic carbocycles. The number of esters is 2. The van der Waals surface area contributed by atoms with Gasteiger partial charge in [-0.1, -0.05) is 53.8 Å². The normalized spacial score (nSPS) is 14.8. The zero-order valence-corrected chi connectivity index (χ0v) is 24.5. The second kappa shape index (κ2) is 12.4. The molecule has 0 saturated carbocycles. The minimum atomic E-state index is -0.817. The minimum absolute atomic E-state index is 0.179. The highest BCUT2D eigenvalue weighted by Gasteiger charge is 2.36. The molecule has 2 heterocycles. The maximum absolute atomic E-state index is 14.1. The van der Waals surface area contributed by atoms with Crippen LogP contribution in [0.5, 0.6) is 11.5 Å². The van der Waals surface area contributed by atoms with E-state index in [9.17, 15) is 14.4 Å². The van der Waals surface area contributed by atoms with Crippen LogP contribution in [0.3, 0.4) is 0 Å². The summed E-state index contributed by atoms with van der Waals surface area (Å²) in [6.07, 6.45) is 1.76. The van der Waals surface area contributed by atoms with E-state index in [0.717, 1.165) is 16.3 Å². The molecule has 0 spiro atoms. The van der Waals surface area contributed by atoms with Crippen molar-refractivity contribution >= 4 is 40.1 Å². The van der Waals surface area contributed by atoms with Crippen LogP contribution < -0.4 is 24.4 Å². The van der Waals surface area contributed by atoms with Crippen molar-refractivity contribution in [2.75, 3.05) is 26.9 Å². The molecule has 1 aromatic heterocycles. The average Bonchev–Trinajstić information content (AvgIpc) is 3.29. The fourth-order valence-electron chi connectivity index (χ4n) is 4.96. The third-order valence-corrected chi connectivity index (χ3v) is 7.76. The Morgan fingerprint density at radius 3 is 2.45 bits per heavy atom. The molecule has 0 unspecified atom stereocenters. The summed E-state index contributed by atoms with van der Waals surface area (Å²) >= 11 is 1.24. The summed E-state index contributed by atoms with van der Waals surface area (Å²) in [6, 6.07) is 17.8. The highest BCUT2D eigenvalue weighted by molar-refractivity contribution is 7.07. The minimum Gasteiger partial charge on any atom is -0.496 e. The molecule has 0 amide bonds. The lowest BCUT2D eigenvalue weighted by Crippen LogP contribution is -2.40. The second-order valence-electron chi connectivity index (χ2n) is 9.37. The van der Waals surface area contributed by atoms with E-state index < -0.39 is 18.0 Å². The number of ether oxygens (including phenoxy) is 4. The first-order valence-electron chi connectivity index (χ1n) is 13.5. The van der Waals surface area contributed by atoms with Crippen LogP contribution in [0.15, 0.2) is 81.7 Å². The van der Waals surface area contributed by atoms with E-state index in [4.69, 9.17) is 18.9 Å². The van der Waals surface area contributed by atoms with Gasteiger partial charge in [-0.2, -0.15) is 0 Å². The Kier molecular flexibility index (Phi) is 8.53. The van der Waals surface area contributed by atoms with Crippen LogP contribution in [0, 0.1) is 0 Å². The second-order valence-corrected chi connectivity index (χ2v) is 10.4. The van der Waals surface area contributed by atoms with Crippen LogP contribution in [-0.2, 0) is 19.1 Å². The lowest BCUT2D eigenvalue weighted by molar-refractivity contribution is -0.145. The molecule has 1 aliphatic rings. The van der Waals surface area contributed by atoms with Gasteiger partial charge in [-0.3, -0.25) is 9.36 Å². The van der Waals surface area contributed by atoms with Crippen molar-refractivity contribution in [1.29, 1.82) is 0 Å². The van der Waals surface area contributed by atoms with E-state index in [1.807, 2.05) is 36.4 Å². The summed E-state index contributed by atoms with van der Waals surface area (Å²) in [6.45, 7) is 5.50. The van der Waals surface area contributed by atoms with Crippen LogP contribution in [-0.4, -0.2) is 43.4 Å². The molecular formula is C32H30N2O7S. The SMILES string of the molecule is CCOC(=O)COc1ccc(/C=c2\sc3n(c2=O)[C@H](c2c(OC)ccc4ccccc24)C(C(=O)OCC)=C(C)N=3)cc1. The summed E-state index contributed by atoms with van der Waals surface area (Å²) < 4.78 is 23.6. The van der Waals surface area contributed by atoms with E-state index in [1.54, 1.807) is 62.8 Å². The Bertz CT molecular complexity index is 1870. The third kappa shape index (κ3) is 5.58. The molecule has 3 aromatic carbocycles. The quantitative estimate of drug-likeness (QED) is 0.274. The van der Waals surface area contributed by atoms with Crippen molar-refractivity contribution in [2.24, 2.45) is 4.99 Å². The smallest absolute Gasteiger partial charge is 0.344 e. The Balaban J connectivity index is 1.64. The van der Waals surface area contributed by atoms with Gasteiger partial charge in [0.1, 0.15) is 17.5 Å². The maximum Gasteiger partial charge on any atom is 0.344 e. The van der Waals surface area contributed by atoms with E-state index in [2.05, 4.69) is 4.99 Å². The molecule has 9 nitrogen and oxygen atoms in total. The first kappa shape index (κ1) is 28.8. The van der Waals surface area contributed by atoms with Crippen molar-refractivity contribution in [3.63, 3.8) is 0 Å². The van der Waals surface area contributed by atoms with Crippen LogP contribution in [0.1, 0.15) is 37.9 Å². The van der Waals surface area contributed by atoms with E-state index in [0.29, 0.717) is 32.1 Å². The molecule has 0 bridgehead atoms. The standard InChI is InChI=1S/C32H30N2O7S/c1-5-39-26(35)18-41-22-14-11-20(12-15-22)17-25-30(36)34-29(27(31(37)40-6-2)19(3)33-32(34)42-25)28-23-10-8-7-9-21(23)13-16-24(28)38-4/h7-17,29H,5-6,18H2,1-4H3/b25-17-/t29-/m0/s1. The Hall–Kier alpha value is -4.70. The zero-order chi connectivity index (χ0) is 29.8. The molecule has 1 aliphatic heterocycles. The number of fused-ring (bicyclic) bond motifs is 2. The van der Waals surface area contributed by atoms with Crippen LogP contribution in [0.2, 0.25) is 0 Å². The first-order chi connectivity index (χ1) is 20.4. The van der Waals surface area contributed by atoms with Gasteiger partial charge >= 0.3 is 11.9 Å². The van der Waals surface area contributed by atoms with E-state index in [-0.39, 0.29) is 31.0 Å². The average molecular weight is 587 g/mol. The Morgan fingerprint density at radius 1 is 1.00 bits per heavy atom. The van der Waals surface area contributed by atoms with Crippen molar-refractivity contribution in [2.45, 2.75) is 26.8 Å². The molecule has 1 atom stereocenters. The summed E-state index contributed by atoms with van der Waals surface area (Å²) in [4.78, 5) is 44.2. The number of hydrogen-bond donors (Lipinski definition) is 0. The van der Waals surface area contributed by atoms with Gasteiger partial charge in [0.2, 0.25) is 0 Å². The molecule has 0 radical (unpaired) electrons. The van der Waals surface area contributed by atoms with E-state index >= 15 is 0 Å². The highest BCUT2D eigenvalue weighted by atomic mass is 32.1. The molecule has 0 fully saturated rings. The van der Waals surface area contributed by atoms with Gasteiger partial charge in [0.05, 0.1) is 36.1 Å². The Morgan fingerprint density at radius 2 is 1.74 bits per heavy atom. The summed E-state index contributed by atoms with van der Waals surface area (Å²) in [5.41, 5.74) is 1.90. The lowest BCUT2D eigenvalue weighted by atomic mass is 9.90. The third-order valence-electron chi connectivity index (χ3n) is 6.78. The Labute approximate surface area is 245 Å². The van der Waals surface area contributed by atoms with Gasteiger partial charge in [-0.25, -0.2) is 14.6 Å². The number of hydrogen-bond acceptors (Lipinski definition) is 9. The van der Waals surface area contributed by atoms with Crippen LogP contribution in [0.25, 0.3) is 16.8 Å². The molecule has 216 valence electrons.